The van der Waals surface area contributed by atoms with E-state index in [0.717, 1.165) is 18.5 Å². The Balaban J connectivity index is 1.49. The van der Waals surface area contributed by atoms with Crippen LogP contribution in [0.4, 0.5) is 0 Å². The van der Waals surface area contributed by atoms with Crippen molar-refractivity contribution in [3.05, 3.63) is 29.8 Å². The Morgan fingerprint density at radius 2 is 1.90 bits per heavy atom. The van der Waals surface area contributed by atoms with Gasteiger partial charge >= 0.3 is 0 Å². The lowest BCUT2D eigenvalue weighted by atomic mass is 9.53. The molecule has 4 nitrogen and oxygen atoms in total. The minimum absolute atomic E-state index is 0.182. The molecule has 0 amide bonds. The fraction of sp³-hybridized carbons (Fsp3) is 0.600. The maximum Gasteiger partial charge on any atom is 0.238 e. The predicted molar refractivity (Wildman–Crippen MR) is 78.8 cm³/mol. The van der Waals surface area contributed by atoms with Gasteiger partial charge in [-0.1, -0.05) is 18.6 Å². The van der Waals surface area contributed by atoms with E-state index < -0.39 is 10.0 Å². The average Bonchev–Trinajstić information content (AvgIpc) is 2.31. The third kappa shape index (κ3) is 2.62. The average molecular weight is 294 g/mol. The van der Waals surface area contributed by atoms with E-state index in [-0.39, 0.29) is 4.90 Å². The molecule has 5 heteroatoms. The van der Waals surface area contributed by atoms with Gasteiger partial charge in [-0.05, 0) is 61.8 Å². The number of hydrogen-bond donors (Lipinski definition) is 2. The van der Waals surface area contributed by atoms with E-state index in [0.29, 0.717) is 11.5 Å². The number of rotatable bonds is 5. The van der Waals surface area contributed by atoms with Gasteiger partial charge in [0.2, 0.25) is 10.0 Å². The number of hydrogen-bond acceptors (Lipinski definition) is 3. The van der Waals surface area contributed by atoms with Crippen molar-refractivity contribution in [1.82, 2.24) is 5.32 Å². The molecule has 0 aliphatic heterocycles. The highest BCUT2D eigenvalue weighted by Gasteiger charge is 2.49. The van der Waals surface area contributed by atoms with Crippen molar-refractivity contribution >= 4 is 10.0 Å². The van der Waals surface area contributed by atoms with Crippen LogP contribution in [0.3, 0.4) is 0 Å². The molecule has 0 bridgehead atoms. The summed E-state index contributed by atoms with van der Waals surface area (Å²) in [7, 11) is -3.58. The van der Waals surface area contributed by atoms with E-state index in [2.05, 4.69) is 5.32 Å². The number of nitrogens with two attached hydrogens (primary N) is 1. The standard InChI is InChI=1S/C15H22N2O2S/c16-20(18,19)13-4-2-12(3-5-13)7-11-17-14-6-10-15(14)8-1-9-15/h2-5,14,17H,1,6-11H2,(H2,16,18,19)/t14-/m0/s1. The molecule has 1 aromatic rings. The van der Waals surface area contributed by atoms with Crippen molar-refractivity contribution in [3.8, 4) is 0 Å². The molecule has 1 atom stereocenters. The zero-order valence-corrected chi connectivity index (χ0v) is 12.5. The number of sulfonamides is 1. The summed E-state index contributed by atoms with van der Waals surface area (Å²) in [5.41, 5.74) is 1.78. The Bertz CT molecular complexity index is 571. The van der Waals surface area contributed by atoms with E-state index >= 15 is 0 Å². The first-order chi connectivity index (χ1) is 9.50. The largest absolute Gasteiger partial charge is 0.313 e. The summed E-state index contributed by atoms with van der Waals surface area (Å²) < 4.78 is 22.3. The number of primary sulfonamides is 1. The van der Waals surface area contributed by atoms with E-state index in [4.69, 9.17) is 5.14 Å². The van der Waals surface area contributed by atoms with Gasteiger partial charge in [0.25, 0.3) is 0 Å². The van der Waals surface area contributed by atoms with Gasteiger partial charge < -0.3 is 5.32 Å². The van der Waals surface area contributed by atoms with E-state index in [9.17, 15) is 8.42 Å². The van der Waals surface area contributed by atoms with E-state index in [1.54, 1.807) is 12.1 Å². The Hall–Kier alpha value is -0.910. The van der Waals surface area contributed by atoms with Gasteiger partial charge in [-0.3, -0.25) is 0 Å². The molecule has 2 aliphatic rings. The summed E-state index contributed by atoms with van der Waals surface area (Å²) >= 11 is 0. The summed E-state index contributed by atoms with van der Waals surface area (Å²) in [5, 5.41) is 8.75. The van der Waals surface area contributed by atoms with E-state index in [1.807, 2.05) is 12.1 Å². The molecule has 1 spiro atoms. The quantitative estimate of drug-likeness (QED) is 0.870. The van der Waals surface area contributed by atoms with Crippen molar-refractivity contribution in [2.24, 2.45) is 10.6 Å². The summed E-state index contributed by atoms with van der Waals surface area (Å²) in [5.74, 6) is 0. The normalized spacial score (nSPS) is 24.1. The summed E-state index contributed by atoms with van der Waals surface area (Å²) in [6.45, 7) is 0.959. The molecule has 1 aromatic carbocycles. The Kier molecular flexibility index (Phi) is 3.60. The van der Waals surface area contributed by atoms with Gasteiger partial charge in [-0.2, -0.15) is 0 Å². The fourth-order valence-corrected chi connectivity index (χ4v) is 4.00. The minimum Gasteiger partial charge on any atom is -0.313 e. The fourth-order valence-electron chi connectivity index (χ4n) is 3.48. The van der Waals surface area contributed by atoms with Crippen molar-refractivity contribution in [1.29, 1.82) is 0 Å². The number of nitrogens with one attached hydrogen (secondary N) is 1. The van der Waals surface area contributed by atoms with Crippen molar-refractivity contribution in [2.45, 2.75) is 49.5 Å². The van der Waals surface area contributed by atoms with Gasteiger partial charge in [-0.15, -0.1) is 0 Å². The van der Waals surface area contributed by atoms with Crippen molar-refractivity contribution in [2.75, 3.05) is 6.54 Å². The second kappa shape index (κ2) is 5.13. The predicted octanol–water partition coefficient (Wildman–Crippen LogP) is 1.80. The topological polar surface area (TPSA) is 72.2 Å². The maximum atomic E-state index is 11.2. The molecule has 2 fully saturated rings. The van der Waals surface area contributed by atoms with Gasteiger partial charge in [0.15, 0.2) is 0 Å². The van der Waals surface area contributed by atoms with Crippen LogP contribution in [-0.2, 0) is 16.4 Å². The summed E-state index contributed by atoms with van der Waals surface area (Å²) in [4.78, 5) is 0.182. The molecule has 3 rings (SSSR count). The molecule has 0 unspecified atom stereocenters. The van der Waals surface area contributed by atoms with Gasteiger partial charge in [0, 0.05) is 6.04 Å². The maximum absolute atomic E-state index is 11.2. The van der Waals surface area contributed by atoms with Gasteiger partial charge in [-0.25, -0.2) is 13.6 Å². The third-order valence-electron chi connectivity index (χ3n) is 5.08. The number of benzene rings is 1. The Labute approximate surface area is 120 Å². The van der Waals surface area contributed by atoms with Crippen LogP contribution >= 0.6 is 0 Å². The van der Waals surface area contributed by atoms with Crippen LogP contribution in [0.5, 0.6) is 0 Å². The van der Waals surface area contributed by atoms with Crippen LogP contribution in [0, 0.1) is 5.41 Å². The molecule has 2 aliphatic carbocycles. The Morgan fingerprint density at radius 1 is 1.20 bits per heavy atom. The first kappa shape index (κ1) is 14.0. The van der Waals surface area contributed by atoms with Crippen molar-refractivity contribution < 1.29 is 8.42 Å². The van der Waals surface area contributed by atoms with E-state index in [1.165, 1.54) is 32.1 Å². The third-order valence-corrected chi connectivity index (χ3v) is 6.00. The molecule has 0 heterocycles. The molecule has 2 saturated carbocycles. The highest BCUT2D eigenvalue weighted by molar-refractivity contribution is 7.89. The van der Waals surface area contributed by atoms with Crippen LogP contribution in [-0.4, -0.2) is 21.0 Å². The second-order valence-electron chi connectivity index (χ2n) is 6.20. The minimum atomic E-state index is -3.58. The second-order valence-corrected chi connectivity index (χ2v) is 7.76. The molecule has 0 radical (unpaired) electrons. The van der Waals surface area contributed by atoms with Gasteiger partial charge in [0.1, 0.15) is 0 Å². The lowest BCUT2D eigenvalue weighted by Crippen LogP contribution is -2.57. The lowest BCUT2D eigenvalue weighted by molar-refractivity contribution is -0.0168. The van der Waals surface area contributed by atoms with Crippen LogP contribution in [0.2, 0.25) is 0 Å². The molecular formula is C15H22N2O2S. The molecule has 20 heavy (non-hydrogen) atoms. The molecule has 0 aromatic heterocycles. The molecule has 0 saturated heterocycles. The zero-order chi connectivity index (χ0) is 14.2. The first-order valence-corrected chi connectivity index (χ1v) is 8.89. The summed E-state index contributed by atoms with van der Waals surface area (Å²) in [6.07, 6.45) is 7.82. The zero-order valence-electron chi connectivity index (χ0n) is 11.6. The lowest BCUT2D eigenvalue weighted by Gasteiger charge is -2.56. The highest BCUT2D eigenvalue weighted by Crippen LogP contribution is 2.55. The van der Waals surface area contributed by atoms with Gasteiger partial charge in [0.05, 0.1) is 4.90 Å². The highest BCUT2D eigenvalue weighted by atomic mass is 32.2. The first-order valence-electron chi connectivity index (χ1n) is 7.35. The summed E-state index contributed by atoms with van der Waals surface area (Å²) in [6, 6.07) is 7.57. The van der Waals surface area contributed by atoms with Crippen LogP contribution in [0.1, 0.15) is 37.7 Å². The van der Waals surface area contributed by atoms with Crippen LogP contribution in [0.25, 0.3) is 0 Å². The van der Waals surface area contributed by atoms with Crippen LogP contribution < -0.4 is 10.5 Å². The van der Waals surface area contributed by atoms with Crippen LogP contribution in [0.15, 0.2) is 29.2 Å². The molecule has 110 valence electrons. The molecular weight excluding hydrogens is 272 g/mol. The molecule has 3 N–H and O–H groups in total. The van der Waals surface area contributed by atoms with Crippen molar-refractivity contribution in [3.63, 3.8) is 0 Å². The smallest absolute Gasteiger partial charge is 0.238 e. The monoisotopic (exact) mass is 294 g/mol. The Morgan fingerprint density at radius 3 is 2.35 bits per heavy atom. The SMILES string of the molecule is NS(=O)(=O)c1ccc(CCN[C@H]2CCC23CCC3)cc1.